The number of rotatable bonds is 4. The smallest absolute Gasteiger partial charge is 0.293 e. The highest BCUT2D eigenvalue weighted by atomic mass is 35.5. The molecule has 0 radical (unpaired) electrons. The van der Waals surface area contributed by atoms with Crippen LogP contribution >= 0.6 is 22.9 Å². The van der Waals surface area contributed by atoms with Crippen LogP contribution in [0.15, 0.2) is 18.3 Å². The van der Waals surface area contributed by atoms with E-state index in [1.807, 2.05) is 6.07 Å². The van der Waals surface area contributed by atoms with Crippen LogP contribution in [0, 0.1) is 32.8 Å². The third kappa shape index (κ3) is 3.26. The lowest BCUT2D eigenvalue weighted by Crippen LogP contribution is -2.03. The van der Waals surface area contributed by atoms with E-state index in [0.29, 0.717) is 4.47 Å². The third-order valence-electron chi connectivity index (χ3n) is 2.55. The van der Waals surface area contributed by atoms with E-state index >= 15 is 0 Å². The van der Waals surface area contributed by atoms with E-state index in [9.17, 15) is 10.1 Å². The second kappa shape index (κ2) is 6.18. The predicted octanol–water partition coefficient (Wildman–Crippen LogP) is 3.06. The lowest BCUT2D eigenvalue weighted by molar-refractivity contribution is -0.384. The first-order chi connectivity index (χ1) is 10.0. The Labute approximate surface area is 128 Å². The van der Waals surface area contributed by atoms with E-state index in [2.05, 4.69) is 10.3 Å². The van der Waals surface area contributed by atoms with Crippen molar-refractivity contribution in [2.45, 2.75) is 6.54 Å². The Bertz CT molecular complexity index is 790. The van der Waals surface area contributed by atoms with Crippen molar-refractivity contribution < 1.29 is 4.92 Å². The molecule has 0 fully saturated rings. The van der Waals surface area contributed by atoms with Gasteiger partial charge in [-0.25, -0.2) is 4.98 Å². The summed E-state index contributed by atoms with van der Waals surface area (Å²) in [5.74, 6) is 0. The highest BCUT2D eigenvalue weighted by Gasteiger charge is 2.18. The lowest BCUT2D eigenvalue weighted by Gasteiger charge is -2.07. The van der Waals surface area contributed by atoms with Gasteiger partial charge in [0.25, 0.3) is 5.69 Å². The Morgan fingerprint density at radius 3 is 2.57 bits per heavy atom. The normalized spacial score (nSPS) is 9.67. The zero-order valence-corrected chi connectivity index (χ0v) is 11.9. The van der Waals surface area contributed by atoms with Gasteiger partial charge in [-0.15, -0.1) is 11.3 Å². The third-order valence-corrected chi connectivity index (χ3v) is 3.67. The summed E-state index contributed by atoms with van der Waals surface area (Å²) in [7, 11) is 0. The summed E-state index contributed by atoms with van der Waals surface area (Å²) >= 11 is 6.95. The van der Waals surface area contributed by atoms with Gasteiger partial charge in [0.05, 0.1) is 22.6 Å². The molecule has 0 aliphatic carbocycles. The van der Waals surface area contributed by atoms with Crippen molar-refractivity contribution in [3.8, 4) is 12.1 Å². The molecule has 0 saturated heterocycles. The first-order valence-electron chi connectivity index (χ1n) is 5.52. The lowest BCUT2D eigenvalue weighted by atomic mass is 10.1. The summed E-state index contributed by atoms with van der Waals surface area (Å²) < 4.78 is 0.374. The van der Waals surface area contributed by atoms with E-state index in [4.69, 9.17) is 22.1 Å². The molecule has 0 aliphatic heterocycles. The van der Waals surface area contributed by atoms with Crippen LogP contribution in [-0.2, 0) is 6.54 Å². The highest BCUT2D eigenvalue weighted by Crippen LogP contribution is 2.29. The van der Waals surface area contributed by atoms with Crippen LogP contribution in [-0.4, -0.2) is 9.91 Å². The number of nitrogens with one attached hydrogen (secondary N) is 1. The number of nitro groups is 1. The zero-order chi connectivity index (χ0) is 15.4. The van der Waals surface area contributed by atoms with Crippen molar-refractivity contribution >= 4 is 34.3 Å². The molecule has 21 heavy (non-hydrogen) atoms. The number of nitro benzene ring substituents is 1. The van der Waals surface area contributed by atoms with E-state index < -0.39 is 4.92 Å². The van der Waals surface area contributed by atoms with Gasteiger partial charge in [-0.1, -0.05) is 11.6 Å². The van der Waals surface area contributed by atoms with Crippen molar-refractivity contribution in [2.75, 3.05) is 5.32 Å². The summed E-state index contributed by atoms with van der Waals surface area (Å²) in [6, 6.07) is 5.98. The maximum absolute atomic E-state index is 11.0. The van der Waals surface area contributed by atoms with Crippen LogP contribution in [0.5, 0.6) is 0 Å². The largest absolute Gasteiger partial charge is 0.374 e. The summed E-state index contributed by atoms with van der Waals surface area (Å²) in [4.78, 5) is 15.1. The molecule has 2 rings (SSSR count). The van der Waals surface area contributed by atoms with Crippen LogP contribution < -0.4 is 5.32 Å². The first kappa shape index (κ1) is 14.7. The van der Waals surface area contributed by atoms with Gasteiger partial charge in [-0.2, -0.15) is 10.5 Å². The molecular weight excluding hydrogens is 314 g/mol. The standard InChI is InChI=1S/C12H6ClN5O2S/c13-12-17-6-9(21-12)5-16-10-1-7(3-14)8(4-15)2-11(10)18(19)20/h1-2,6,16H,5H2. The second-order valence-electron chi connectivity index (χ2n) is 3.83. The molecular formula is C12H6ClN5O2S. The molecule has 9 heteroatoms. The molecule has 0 spiro atoms. The average molecular weight is 320 g/mol. The fourth-order valence-corrected chi connectivity index (χ4v) is 2.53. The minimum Gasteiger partial charge on any atom is -0.374 e. The Hall–Kier alpha value is -2.68. The summed E-state index contributed by atoms with van der Waals surface area (Å²) in [6.07, 6.45) is 1.56. The Balaban J connectivity index is 2.35. The maximum atomic E-state index is 11.0. The van der Waals surface area contributed by atoms with Crippen LogP contribution in [0.2, 0.25) is 4.47 Å². The van der Waals surface area contributed by atoms with Gasteiger partial charge in [-0.3, -0.25) is 10.1 Å². The first-order valence-corrected chi connectivity index (χ1v) is 6.71. The van der Waals surface area contributed by atoms with Crippen molar-refractivity contribution in [1.82, 2.24) is 4.98 Å². The minimum absolute atomic E-state index is 0.0319. The quantitative estimate of drug-likeness (QED) is 0.683. The highest BCUT2D eigenvalue weighted by molar-refractivity contribution is 7.15. The van der Waals surface area contributed by atoms with E-state index in [1.165, 1.54) is 17.4 Å². The maximum Gasteiger partial charge on any atom is 0.293 e. The van der Waals surface area contributed by atoms with E-state index in [0.717, 1.165) is 10.9 Å². The monoisotopic (exact) mass is 319 g/mol. The minimum atomic E-state index is -0.607. The van der Waals surface area contributed by atoms with Crippen LogP contribution in [0.4, 0.5) is 11.4 Å². The van der Waals surface area contributed by atoms with Crippen molar-refractivity contribution in [3.05, 3.63) is 48.9 Å². The van der Waals surface area contributed by atoms with Crippen molar-refractivity contribution in [2.24, 2.45) is 0 Å². The van der Waals surface area contributed by atoms with Crippen LogP contribution in [0.3, 0.4) is 0 Å². The molecule has 1 aromatic carbocycles. The number of benzene rings is 1. The number of halogens is 1. The molecule has 104 valence electrons. The molecule has 1 heterocycles. The molecule has 0 saturated carbocycles. The average Bonchev–Trinajstić information content (AvgIpc) is 2.89. The SMILES string of the molecule is N#Cc1cc(NCc2cnc(Cl)s2)c([N+](=O)[O-])cc1C#N. The second-order valence-corrected chi connectivity index (χ2v) is 5.53. The number of hydrogen-bond donors (Lipinski definition) is 1. The molecule has 1 N–H and O–H groups in total. The molecule has 0 aliphatic rings. The number of aromatic nitrogens is 1. The summed E-state index contributed by atoms with van der Waals surface area (Å²) in [5, 5.41) is 31.8. The van der Waals surface area contributed by atoms with Crippen molar-refractivity contribution in [3.63, 3.8) is 0 Å². The zero-order valence-electron chi connectivity index (χ0n) is 10.3. The topological polar surface area (TPSA) is 116 Å². The Morgan fingerprint density at radius 1 is 1.38 bits per heavy atom. The van der Waals surface area contributed by atoms with Gasteiger partial charge >= 0.3 is 0 Å². The molecule has 0 amide bonds. The molecule has 2 aromatic rings. The van der Waals surface area contributed by atoms with Gasteiger partial charge in [0.2, 0.25) is 0 Å². The number of hydrogen-bond acceptors (Lipinski definition) is 7. The number of anilines is 1. The summed E-state index contributed by atoms with van der Waals surface area (Å²) in [5.41, 5.74) is -0.0512. The fourth-order valence-electron chi connectivity index (χ4n) is 1.61. The van der Waals surface area contributed by atoms with Gasteiger partial charge in [-0.05, 0) is 6.07 Å². The molecule has 7 nitrogen and oxygen atoms in total. The van der Waals surface area contributed by atoms with Gasteiger partial charge in [0, 0.05) is 17.1 Å². The van der Waals surface area contributed by atoms with Gasteiger partial charge < -0.3 is 5.32 Å². The molecule has 1 aromatic heterocycles. The number of nitriles is 2. The van der Waals surface area contributed by atoms with Gasteiger partial charge in [0.1, 0.15) is 17.8 Å². The fraction of sp³-hybridized carbons (Fsp3) is 0.0833. The summed E-state index contributed by atoms with van der Waals surface area (Å²) in [6.45, 7) is 0.280. The van der Waals surface area contributed by atoms with Crippen molar-refractivity contribution in [1.29, 1.82) is 10.5 Å². The van der Waals surface area contributed by atoms with E-state index in [1.54, 1.807) is 12.3 Å². The molecule has 0 bridgehead atoms. The number of nitrogens with zero attached hydrogens (tertiary/aromatic N) is 4. The number of thiazole rings is 1. The Morgan fingerprint density at radius 2 is 2.05 bits per heavy atom. The Kier molecular flexibility index (Phi) is 4.33. The predicted molar refractivity (Wildman–Crippen MR) is 77.0 cm³/mol. The van der Waals surface area contributed by atoms with E-state index in [-0.39, 0.29) is 29.0 Å². The van der Waals surface area contributed by atoms with Crippen LogP contribution in [0.1, 0.15) is 16.0 Å². The molecule has 0 unspecified atom stereocenters. The molecule has 0 atom stereocenters. The van der Waals surface area contributed by atoms with Gasteiger partial charge in [0.15, 0.2) is 4.47 Å². The van der Waals surface area contributed by atoms with Crippen LogP contribution in [0.25, 0.3) is 0 Å².